The third-order valence-corrected chi connectivity index (χ3v) is 3.55. The summed E-state index contributed by atoms with van der Waals surface area (Å²) in [6.45, 7) is 2.19. The molecule has 0 aliphatic heterocycles. The van der Waals surface area contributed by atoms with Gasteiger partial charge in [-0.25, -0.2) is 4.79 Å². The molecule has 0 amide bonds. The van der Waals surface area contributed by atoms with Crippen molar-refractivity contribution in [2.24, 2.45) is 5.92 Å². The minimum absolute atomic E-state index is 0.187. The van der Waals surface area contributed by atoms with Gasteiger partial charge in [0.25, 0.3) is 0 Å². The quantitative estimate of drug-likeness (QED) is 0.759. The first-order chi connectivity index (χ1) is 8.74. The van der Waals surface area contributed by atoms with Crippen molar-refractivity contribution in [1.29, 1.82) is 0 Å². The van der Waals surface area contributed by atoms with Gasteiger partial charge < -0.3 is 4.74 Å². The third-order valence-electron chi connectivity index (χ3n) is 3.55. The molecule has 0 heterocycles. The number of rotatable bonds is 3. The van der Waals surface area contributed by atoms with E-state index in [-0.39, 0.29) is 5.97 Å². The SMILES string of the molecule is CCCC1CC(C(=O)OC)=Cc2ccccc2C1. The second-order valence-corrected chi connectivity index (χ2v) is 4.92. The maximum absolute atomic E-state index is 11.8. The smallest absolute Gasteiger partial charge is 0.333 e. The average molecular weight is 244 g/mol. The molecule has 1 aromatic rings. The second kappa shape index (κ2) is 5.85. The van der Waals surface area contributed by atoms with Gasteiger partial charge in [0.05, 0.1) is 7.11 Å². The topological polar surface area (TPSA) is 26.3 Å². The highest BCUT2D eigenvalue weighted by Gasteiger charge is 2.21. The summed E-state index contributed by atoms with van der Waals surface area (Å²) in [5.74, 6) is 0.358. The zero-order chi connectivity index (χ0) is 13.0. The summed E-state index contributed by atoms with van der Waals surface area (Å²) >= 11 is 0. The highest BCUT2D eigenvalue weighted by Crippen LogP contribution is 2.29. The van der Waals surface area contributed by atoms with Crippen LogP contribution in [0.15, 0.2) is 29.8 Å². The lowest BCUT2D eigenvalue weighted by molar-refractivity contribution is -0.136. The Balaban J connectivity index is 2.35. The van der Waals surface area contributed by atoms with E-state index in [0.717, 1.165) is 36.8 Å². The van der Waals surface area contributed by atoms with Crippen molar-refractivity contribution in [1.82, 2.24) is 0 Å². The van der Waals surface area contributed by atoms with E-state index in [1.807, 2.05) is 12.1 Å². The molecule has 1 aliphatic rings. The number of fused-ring (bicyclic) bond motifs is 1. The van der Waals surface area contributed by atoms with Gasteiger partial charge in [-0.1, -0.05) is 44.0 Å². The molecular formula is C16H20O2. The highest BCUT2D eigenvalue weighted by atomic mass is 16.5. The number of carbonyl (C=O) groups is 1. The highest BCUT2D eigenvalue weighted by molar-refractivity contribution is 5.94. The molecule has 18 heavy (non-hydrogen) atoms. The van der Waals surface area contributed by atoms with Crippen molar-refractivity contribution in [2.45, 2.75) is 32.6 Å². The Morgan fingerprint density at radius 3 is 2.83 bits per heavy atom. The van der Waals surface area contributed by atoms with Crippen LogP contribution in [0.25, 0.3) is 6.08 Å². The predicted molar refractivity (Wildman–Crippen MR) is 73.2 cm³/mol. The van der Waals surface area contributed by atoms with E-state index < -0.39 is 0 Å². The standard InChI is InChI=1S/C16H20O2/c1-3-6-12-9-13-7-4-5-8-14(13)11-15(10-12)16(17)18-2/h4-5,7-8,11-12H,3,6,9-10H2,1-2H3. The van der Waals surface area contributed by atoms with Crippen LogP contribution in [-0.4, -0.2) is 13.1 Å². The fourth-order valence-corrected chi connectivity index (χ4v) is 2.69. The minimum atomic E-state index is -0.187. The molecule has 0 spiro atoms. The Morgan fingerprint density at radius 1 is 1.33 bits per heavy atom. The first-order valence-corrected chi connectivity index (χ1v) is 6.61. The molecule has 0 N–H and O–H groups in total. The first-order valence-electron chi connectivity index (χ1n) is 6.61. The second-order valence-electron chi connectivity index (χ2n) is 4.92. The molecule has 2 heteroatoms. The molecule has 0 aromatic heterocycles. The van der Waals surface area contributed by atoms with Gasteiger partial charge in [-0.3, -0.25) is 0 Å². The van der Waals surface area contributed by atoms with Gasteiger partial charge in [0, 0.05) is 5.57 Å². The van der Waals surface area contributed by atoms with Crippen LogP contribution >= 0.6 is 0 Å². The van der Waals surface area contributed by atoms with Crippen LogP contribution in [-0.2, 0) is 16.0 Å². The van der Waals surface area contributed by atoms with Crippen molar-refractivity contribution in [3.63, 3.8) is 0 Å². The normalized spacial score (nSPS) is 18.6. The Morgan fingerprint density at radius 2 is 2.11 bits per heavy atom. The van der Waals surface area contributed by atoms with Crippen molar-refractivity contribution in [3.8, 4) is 0 Å². The van der Waals surface area contributed by atoms with Gasteiger partial charge in [-0.2, -0.15) is 0 Å². The number of methoxy groups -OCH3 is 1. The molecule has 2 rings (SSSR count). The lowest BCUT2D eigenvalue weighted by atomic mass is 9.91. The number of hydrogen-bond acceptors (Lipinski definition) is 2. The maximum atomic E-state index is 11.8. The van der Waals surface area contributed by atoms with Gasteiger partial charge in [0.2, 0.25) is 0 Å². The molecule has 0 saturated heterocycles. The van der Waals surface area contributed by atoms with E-state index in [1.165, 1.54) is 12.7 Å². The van der Waals surface area contributed by atoms with E-state index in [4.69, 9.17) is 4.74 Å². The fraction of sp³-hybridized carbons (Fsp3) is 0.438. The van der Waals surface area contributed by atoms with Crippen LogP contribution in [0, 0.1) is 5.92 Å². The Labute approximate surface area is 109 Å². The summed E-state index contributed by atoms with van der Waals surface area (Å²) in [4.78, 5) is 11.8. The van der Waals surface area contributed by atoms with Crippen LogP contribution in [0.5, 0.6) is 0 Å². The van der Waals surface area contributed by atoms with E-state index >= 15 is 0 Å². The molecule has 2 nitrogen and oxygen atoms in total. The summed E-state index contributed by atoms with van der Waals surface area (Å²) in [6, 6.07) is 8.32. The third kappa shape index (κ3) is 2.81. The van der Waals surface area contributed by atoms with Crippen molar-refractivity contribution in [2.75, 3.05) is 7.11 Å². The van der Waals surface area contributed by atoms with Crippen LogP contribution in [0.4, 0.5) is 0 Å². The molecule has 0 bridgehead atoms. The molecule has 0 fully saturated rings. The van der Waals surface area contributed by atoms with E-state index in [0.29, 0.717) is 5.92 Å². The van der Waals surface area contributed by atoms with E-state index in [2.05, 4.69) is 25.1 Å². The number of esters is 1. The Kier molecular flexibility index (Phi) is 4.19. The molecule has 1 aromatic carbocycles. The molecule has 0 radical (unpaired) electrons. The largest absolute Gasteiger partial charge is 0.466 e. The molecule has 1 aliphatic carbocycles. The summed E-state index contributed by atoms with van der Waals surface area (Å²) in [5, 5.41) is 0. The first kappa shape index (κ1) is 12.9. The number of hydrogen-bond donors (Lipinski definition) is 0. The lowest BCUT2D eigenvalue weighted by Crippen LogP contribution is -2.10. The lowest BCUT2D eigenvalue weighted by Gasteiger charge is -2.14. The Hall–Kier alpha value is -1.57. The number of ether oxygens (including phenoxy) is 1. The van der Waals surface area contributed by atoms with Crippen molar-refractivity contribution < 1.29 is 9.53 Å². The minimum Gasteiger partial charge on any atom is -0.466 e. The monoisotopic (exact) mass is 244 g/mol. The summed E-state index contributed by atoms with van der Waals surface area (Å²) < 4.78 is 4.88. The van der Waals surface area contributed by atoms with Crippen molar-refractivity contribution >= 4 is 12.0 Å². The fourth-order valence-electron chi connectivity index (χ4n) is 2.69. The molecule has 96 valence electrons. The summed E-state index contributed by atoms with van der Waals surface area (Å²) in [5.41, 5.74) is 3.31. The van der Waals surface area contributed by atoms with Crippen LogP contribution in [0.1, 0.15) is 37.3 Å². The zero-order valence-electron chi connectivity index (χ0n) is 11.1. The molecule has 1 unspecified atom stereocenters. The van der Waals surface area contributed by atoms with Gasteiger partial charge >= 0.3 is 5.97 Å². The van der Waals surface area contributed by atoms with Gasteiger partial charge in [0.1, 0.15) is 0 Å². The average Bonchev–Trinajstić information content (AvgIpc) is 2.57. The molecule has 1 atom stereocenters. The number of carbonyl (C=O) groups excluding carboxylic acids is 1. The van der Waals surface area contributed by atoms with Gasteiger partial charge in [-0.05, 0) is 36.0 Å². The van der Waals surface area contributed by atoms with Crippen LogP contribution < -0.4 is 0 Å². The van der Waals surface area contributed by atoms with Gasteiger partial charge in [0.15, 0.2) is 0 Å². The van der Waals surface area contributed by atoms with Gasteiger partial charge in [-0.15, -0.1) is 0 Å². The molecular weight excluding hydrogens is 224 g/mol. The number of benzene rings is 1. The van der Waals surface area contributed by atoms with E-state index in [9.17, 15) is 4.79 Å². The zero-order valence-corrected chi connectivity index (χ0v) is 11.1. The molecule has 0 saturated carbocycles. The van der Waals surface area contributed by atoms with Crippen LogP contribution in [0.2, 0.25) is 0 Å². The van der Waals surface area contributed by atoms with Crippen LogP contribution in [0.3, 0.4) is 0 Å². The summed E-state index contributed by atoms with van der Waals surface area (Å²) in [7, 11) is 1.45. The summed E-state index contributed by atoms with van der Waals surface area (Å²) in [6.07, 6.45) is 6.19. The maximum Gasteiger partial charge on any atom is 0.333 e. The van der Waals surface area contributed by atoms with E-state index in [1.54, 1.807) is 0 Å². The Bertz CT molecular complexity index is 460. The van der Waals surface area contributed by atoms with Crippen molar-refractivity contribution in [3.05, 3.63) is 41.0 Å². The predicted octanol–water partition coefficient (Wildman–Crippen LogP) is 3.61.